The minimum absolute atomic E-state index is 0.194. The van der Waals surface area contributed by atoms with E-state index >= 15 is 0 Å². The quantitative estimate of drug-likeness (QED) is 0.765. The van der Waals surface area contributed by atoms with Crippen LogP contribution >= 0.6 is 0 Å². The first-order chi connectivity index (χ1) is 11.9. The van der Waals surface area contributed by atoms with Gasteiger partial charge >= 0.3 is 0 Å². The van der Waals surface area contributed by atoms with E-state index in [9.17, 15) is 9.59 Å². The summed E-state index contributed by atoms with van der Waals surface area (Å²) in [6.45, 7) is 4.16. The van der Waals surface area contributed by atoms with Gasteiger partial charge in [-0.2, -0.15) is 0 Å². The zero-order valence-electron chi connectivity index (χ0n) is 14.0. The van der Waals surface area contributed by atoms with Gasteiger partial charge in [-0.3, -0.25) is 9.59 Å². The number of carbonyl (C=O) groups is 2. The highest BCUT2D eigenvalue weighted by Gasteiger charge is 2.09. The molecule has 6 nitrogen and oxygen atoms in total. The molecule has 25 heavy (non-hydrogen) atoms. The van der Waals surface area contributed by atoms with Gasteiger partial charge in [-0.1, -0.05) is 12.1 Å². The molecule has 0 radical (unpaired) electrons. The largest absolute Gasteiger partial charge is 0.366 e. The molecule has 0 unspecified atom stereocenters. The Morgan fingerprint density at radius 3 is 2.16 bits per heavy atom. The van der Waals surface area contributed by atoms with Crippen molar-refractivity contribution in [1.29, 1.82) is 0 Å². The van der Waals surface area contributed by atoms with Crippen molar-refractivity contribution in [3.63, 3.8) is 0 Å². The van der Waals surface area contributed by atoms with E-state index in [1.807, 2.05) is 13.8 Å². The highest BCUT2D eigenvalue weighted by molar-refractivity contribution is 5.97. The normalized spacial score (nSPS) is 10.6. The van der Waals surface area contributed by atoms with E-state index in [-0.39, 0.29) is 5.91 Å². The fourth-order valence-electron chi connectivity index (χ4n) is 2.44. The topological polar surface area (TPSA) is 98.0 Å². The van der Waals surface area contributed by atoms with Gasteiger partial charge in [0.1, 0.15) is 0 Å². The molecule has 6 heteroatoms. The number of hydrogen-bond acceptors (Lipinski definition) is 4. The Morgan fingerprint density at radius 1 is 0.920 bits per heavy atom. The van der Waals surface area contributed by atoms with Crippen molar-refractivity contribution in [2.24, 2.45) is 5.73 Å². The Labute approximate surface area is 145 Å². The van der Waals surface area contributed by atoms with Crippen LogP contribution in [0.5, 0.6) is 0 Å². The molecule has 0 aliphatic carbocycles. The molecule has 0 aliphatic heterocycles. The van der Waals surface area contributed by atoms with E-state index in [4.69, 9.17) is 5.73 Å². The number of benzene rings is 2. The summed E-state index contributed by atoms with van der Waals surface area (Å²) in [5.41, 5.74) is 10.2. The molecular weight excluding hydrogens is 316 g/mol. The standard InChI is InChI=1S/C19H18N4O2/c1-11-12(2)23-17-9-15(7-8-16(17)22-11)19(25)21-10-13-3-5-14(6-4-13)18(20)24/h3-9H,10H2,1-2H3,(H2,20,24)(H,21,25). The van der Waals surface area contributed by atoms with Crippen molar-refractivity contribution >= 4 is 22.8 Å². The summed E-state index contributed by atoms with van der Waals surface area (Å²) in [6.07, 6.45) is 0. The van der Waals surface area contributed by atoms with Crippen molar-refractivity contribution in [2.75, 3.05) is 0 Å². The lowest BCUT2D eigenvalue weighted by atomic mass is 10.1. The number of aromatic nitrogens is 2. The second-order valence-electron chi connectivity index (χ2n) is 5.84. The van der Waals surface area contributed by atoms with Crippen LogP contribution in [0.2, 0.25) is 0 Å². The molecule has 1 aromatic heterocycles. The van der Waals surface area contributed by atoms with Gasteiger partial charge in [-0.15, -0.1) is 0 Å². The molecule has 0 spiro atoms. The Bertz CT molecular complexity index is 965. The average Bonchev–Trinajstić information content (AvgIpc) is 2.60. The molecule has 0 saturated carbocycles. The van der Waals surface area contributed by atoms with E-state index in [1.165, 1.54) is 0 Å². The van der Waals surface area contributed by atoms with Crippen molar-refractivity contribution in [3.05, 3.63) is 70.5 Å². The monoisotopic (exact) mass is 334 g/mol. The second kappa shape index (κ2) is 6.68. The fourth-order valence-corrected chi connectivity index (χ4v) is 2.44. The van der Waals surface area contributed by atoms with Crippen LogP contribution in [0.3, 0.4) is 0 Å². The average molecular weight is 334 g/mol. The number of nitrogens with one attached hydrogen (secondary N) is 1. The van der Waals surface area contributed by atoms with Crippen molar-refractivity contribution in [1.82, 2.24) is 15.3 Å². The maximum Gasteiger partial charge on any atom is 0.251 e. The third-order valence-corrected chi connectivity index (χ3v) is 4.03. The van der Waals surface area contributed by atoms with Crippen LogP contribution in [0, 0.1) is 13.8 Å². The third-order valence-electron chi connectivity index (χ3n) is 4.03. The molecule has 0 fully saturated rings. The molecule has 3 aromatic rings. The predicted molar refractivity (Wildman–Crippen MR) is 95.1 cm³/mol. The van der Waals surface area contributed by atoms with E-state index in [0.717, 1.165) is 22.5 Å². The summed E-state index contributed by atoms with van der Waals surface area (Å²) in [5, 5.41) is 2.85. The summed E-state index contributed by atoms with van der Waals surface area (Å²) in [7, 11) is 0. The van der Waals surface area contributed by atoms with Crippen LogP contribution in [-0.4, -0.2) is 21.8 Å². The first-order valence-corrected chi connectivity index (χ1v) is 7.86. The van der Waals surface area contributed by atoms with E-state index in [2.05, 4.69) is 15.3 Å². The van der Waals surface area contributed by atoms with Crippen molar-refractivity contribution in [3.8, 4) is 0 Å². The number of nitrogens with two attached hydrogens (primary N) is 1. The maximum absolute atomic E-state index is 12.4. The number of amides is 2. The molecule has 3 N–H and O–H groups in total. The minimum Gasteiger partial charge on any atom is -0.366 e. The van der Waals surface area contributed by atoms with Crippen molar-refractivity contribution in [2.45, 2.75) is 20.4 Å². The van der Waals surface area contributed by atoms with Gasteiger partial charge in [0.25, 0.3) is 5.91 Å². The summed E-state index contributed by atoms with van der Waals surface area (Å²) in [5.74, 6) is -0.667. The van der Waals surface area contributed by atoms with Crippen LogP contribution in [0.1, 0.15) is 37.7 Å². The zero-order valence-corrected chi connectivity index (χ0v) is 14.0. The van der Waals surface area contributed by atoms with Gasteiger partial charge in [0.2, 0.25) is 5.91 Å². The molecule has 0 atom stereocenters. The maximum atomic E-state index is 12.4. The van der Waals surface area contributed by atoms with Crippen LogP contribution < -0.4 is 11.1 Å². The van der Waals surface area contributed by atoms with E-state index in [1.54, 1.807) is 42.5 Å². The Morgan fingerprint density at radius 2 is 1.52 bits per heavy atom. The van der Waals surface area contributed by atoms with E-state index in [0.29, 0.717) is 23.2 Å². The van der Waals surface area contributed by atoms with Crippen LogP contribution in [0.25, 0.3) is 11.0 Å². The predicted octanol–water partition coefficient (Wildman–Crippen LogP) is 2.28. The van der Waals surface area contributed by atoms with Gasteiger partial charge < -0.3 is 11.1 Å². The SMILES string of the molecule is Cc1nc2ccc(C(=O)NCc3ccc(C(N)=O)cc3)cc2nc1C. The molecule has 0 aliphatic rings. The zero-order chi connectivity index (χ0) is 18.0. The van der Waals surface area contributed by atoms with Crippen LogP contribution in [0.4, 0.5) is 0 Å². The fraction of sp³-hybridized carbons (Fsp3) is 0.158. The van der Waals surface area contributed by atoms with Crippen molar-refractivity contribution < 1.29 is 9.59 Å². The van der Waals surface area contributed by atoms with Crippen LogP contribution in [-0.2, 0) is 6.54 Å². The Kier molecular flexibility index (Phi) is 4.43. The Balaban J connectivity index is 1.73. The lowest BCUT2D eigenvalue weighted by Gasteiger charge is -2.07. The molecule has 2 aromatic carbocycles. The second-order valence-corrected chi connectivity index (χ2v) is 5.84. The third kappa shape index (κ3) is 3.63. The number of aryl methyl sites for hydroxylation is 2. The summed E-state index contributed by atoms with van der Waals surface area (Å²) < 4.78 is 0. The molecular formula is C19H18N4O2. The highest BCUT2D eigenvalue weighted by atomic mass is 16.2. The summed E-state index contributed by atoms with van der Waals surface area (Å²) in [6, 6.07) is 12.1. The van der Waals surface area contributed by atoms with Gasteiger partial charge in [0.15, 0.2) is 0 Å². The lowest BCUT2D eigenvalue weighted by molar-refractivity contribution is 0.0949. The first-order valence-electron chi connectivity index (χ1n) is 7.86. The highest BCUT2D eigenvalue weighted by Crippen LogP contribution is 2.14. The summed E-state index contributed by atoms with van der Waals surface area (Å²) in [4.78, 5) is 32.3. The number of rotatable bonds is 4. The minimum atomic E-state index is -0.474. The van der Waals surface area contributed by atoms with E-state index < -0.39 is 5.91 Å². The van der Waals surface area contributed by atoms with Gasteiger partial charge in [-0.05, 0) is 49.7 Å². The molecule has 0 bridgehead atoms. The lowest BCUT2D eigenvalue weighted by Crippen LogP contribution is -2.22. The first kappa shape index (κ1) is 16.6. The smallest absolute Gasteiger partial charge is 0.251 e. The van der Waals surface area contributed by atoms with Gasteiger partial charge in [0.05, 0.1) is 22.4 Å². The molecule has 1 heterocycles. The molecule has 126 valence electrons. The number of primary amides is 1. The number of carbonyl (C=O) groups excluding carboxylic acids is 2. The molecule has 3 rings (SSSR count). The van der Waals surface area contributed by atoms with Crippen LogP contribution in [0.15, 0.2) is 42.5 Å². The van der Waals surface area contributed by atoms with Gasteiger partial charge in [0, 0.05) is 17.7 Å². The Hall–Kier alpha value is -3.28. The molecule has 0 saturated heterocycles. The summed E-state index contributed by atoms with van der Waals surface area (Å²) >= 11 is 0. The molecule has 2 amide bonds. The number of nitrogens with zero attached hydrogens (tertiary/aromatic N) is 2. The number of hydrogen-bond donors (Lipinski definition) is 2. The number of fused-ring (bicyclic) bond motifs is 1. The van der Waals surface area contributed by atoms with Gasteiger partial charge in [-0.25, -0.2) is 9.97 Å².